The van der Waals surface area contributed by atoms with Crippen molar-refractivity contribution in [1.82, 2.24) is 0 Å². The van der Waals surface area contributed by atoms with Crippen molar-refractivity contribution < 1.29 is 9.90 Å². The Balaban J connectivity index is 2.00. The maximum Gasteiger partial charge on any atom is 0.225 e. The number of carbonyl (C=O) groups excluding carboxylic acids is 1. The first-order valence-corrected chi connectivity index (χ1v) is 6.34. The molecule has 4 N–H and O–H groups in total. The lowest BCUT2D eigenvalue weighted by Crippen LogP contribution is -2.40. The van der Waals surface area contributed by atoms with Crippen LogP contribution in [0.15, 0.2) is 18.2 Å². The molecule has 0 bridgehead atoms. The zero-order valence-electron chi connectivity index (χ0n) is 10.7. The van der Waals surface area contributed by atoms with Gasteiger partial charge in [0.2, 0.25) is 5.91 Å². The van der Waals surface area contributed by atoms with Crippen LogP contribution in [0.4, 0.5) is 5.69 Å². The number of hydrogen-bond acceptors (Lipinski definition) is 3. The summed E-state index contributed by atoms with van der Waals surface area (Å²) in [6, 6.07) is 5.16. The van der Waals surface area contributed by atoms with Crippen LogP contribution in [0.1, 0.15) is 31.2 Å². The molecule has 0 heterocycles. The van der Waals surface area contributed by atoms with Crippen molar-refractivity contribution in [3.05, 3.63) is 23.8 Å². The summed E-state index contributed by atoms with van der Waals surface area (Å²) in [5.74, 6) is 0.0328. The van der Waals surface area contributed by atoms with Gasteiger partial charge in [-0.25, -0.2) is 0 Å². The SMILES string of the molecule is Cc1ccc(O)c(NC(=O)CC2(CN)CCC2)c1. The zero-order chi connectivity index (χ0) is 13.2. The molecule has 18 heavy (non-hydrogen) atoms. The summed E-state index contributed by atoms with van der Waals surface area (Å²) in [7, 11) is 0. The number of nitrogens with one attached hydrogen (secondary N) is 1. The normalized spacial score (nSPS) is 17.0. The molecule has 4 heteroatoms. The van der Waals surface area contributed by atoms with Gasteiger partial charge in [0.15, 0.2) is 0 Å². The number of phenolic OH excluding ortho intramolecular Hbond substituents is 1. The van der Waals surface area contributed by atoms with Gasteiger partial charge in [-0.15, -0.1) is 0 Å². The summed E-state index contributed by atoms with van der Waals surface area (Å²) in [4.78, 5) is 12.0. The number of amides is 1. The number of aryl methyl sites for hydroxylation is 1. The lowest BCUT2D eigenvalue weighted by Gasteiger charge is -2.40. The fraction of sp³-hybridized carbons (Fsp3) is 0.500. The van der Waals surface area contributed by atoms with Gasteiger partial charge in [0.1, 0.15) is 5.75 Å². The first-order valence-electron chi connectivity index (χ1n) is 6.34. The number of hydrogen-bond donors (Lipinski definition) is 3. The summed E-state index contributed by atoms with van der Waals surface area (Å²) >= 11 is 0. The highest BCUT2D eigenvalue weighted by Gasteiger charge is 2.37. The van der Waals surface area contributed by atoms with E-state index in [2.05, 4.69) is 5.32 Å². The van der Waals surface area contributed by atoms with Crippen molar-refractivity contribution in [2.24, 2.45) is 11.1 Å². The molecule has 98 valence electrons. The molecule has 0 unspecified atom stereocenters. The van der Waals surface area contributed by atoms with Crippen molar-refractivity contribution in [1.29, 1.82) is 0 Å². The van der Waals surface area contributed by atoms with Crippen LogP contribution < -0.4 is 11.1 Å². The van der Waals surface area contributed by atoms with Crippen LogP contribution >= 0.6 is 0 Å². The number of carbonyl (C=O) groups is 1. The first kappa shape index (κ1) is 12.9. The second-order valence-corrected chi connectivity index (χ2v) is 5.30. The number of nitrogens with two attached hydrogens (primary N) is 1. The Morgan fingerprint density at radius 3 is 2.78 bits per heavy atom. The first-order chi connectivity index (χ1) is 8.54. The van der Waals surface area contributed by atoms with E-state index in [1.807, 2.05) is 6.92 Å². The molecule has 1 fully saturated rings. The standard InChI is InChI=1S/C14H20N2O2/c1-10-3-4-12(17)11(7-10)16-13(18)8-14(9-15)5-2-6-14/h3-4,7,17H,2,5-6,8-9,15H2,1H3,(H,16,18). The molecule has 4 nitrogen and oxygen atoms in total. The van der Waals surface area contributed by atoms with Crippen LogP contribution in [0.2, 0.25) is 0 Å². The van der Waals surface area contributed by atoms with E-state index < -0.39 is 0 Å². The van der Waals surface area contributed by atoms with Crippen molar-refractivity contribution in [3.63, 3.8) is 0 Å². The third kappa shape index (κ3) is 2.64. The third-order valence-electron chi connectivity index (χ3n) is 3.81. The van der Waals surface area contributed by atoms with Crippen molar-refractivity contribution in [2.75, 3.05) is 11.9 Å². The molecule has 1 saturated carbocycles. The van der Waals surface area contributed by atoms with Crippen LogP contribution in [0.3, 0.4) is 0 Å². The predicted molar refractivity (Wildman–Crippen MR) is 71.4 cm³/mol. The minimum absolute atomic E-state index is 0.0104. The van der Waals surface area contributed by atoms with Crippen LogP contribution in [0.5, 0.6) is 5.75 Å². The van der Waals surface area contributed by atoms with E-state index >= 15 is 0 Å². The van der Waals surface area contributed by atoms with Crippen molar-refractivity contribution in [2.45, 2.75) is 32.6 Å². The number of benzene rings is 1. The lowest BCUT2D eigenvalue weighted by molar-refractivity contribution is -0.119. The van der Waals surface area contributed by atoms with Gasteiger partial charge in [-0.3, -0.25) is 4.79 Å². The number of aromatic hydroxyl groups is 1. The number of anilines is 1. The maximum absolute atomic E-state index is 12.0. The summed E-state index contributed by atoms with van der Waals surface area (Å²) in [6.45, 7) is 2.47. The van der Waals surface area contributed by atoms with E-state index in [9.17, 15) is 9.90 Å². The van der Waals surface area contributed by atoms with Crippen LogP contribution in [0.25, 0.3) is 0 Å². The Hall–Kier alpha value is -1.55. The highest BCUT2D eigenvalue weighted by atomic mass is 16.3. The van der Waals surface area contributed by atoms with Gasteiger partial charge in [-0.2, -0.15) is 0 Å². The highest BCUT2D eigenvalue weighted by molar-refractivity contribution is 5.92. The van der Waals surface area contributed by atoms with Gasteiger partial charge in [0.25, 0.3) is 0 Å². The molecular weight excluding hydrogens is 228 g/mol. The summed E-state index contributed by atoms with van der Waals surface area (Å²) in [5, 5.41) is 12.4. The van der Waals surface area contributed by atoms with Crippen molar-refractivity contribution in [3.8, 4) is 5.75 Å². The molecule has 0 aliphatic heterocycles. The van der Waals surface area contributed by atoms with Gasteiger partial charge in [0, 0.05) is 6.42 Å². The molecule has 1 aliphatic rings. The van der Waals surface area contributed by atoms with E-state index in [4.69, 9.17) is 5.73 Å². The minimum Gasteiger partial charge on any atom is -0.506 e. The molecule has 1 aromatic rings. The molecule has 0 radical (unpaired) electrons. The summed E-state index contributed by atoms with van der Waals surface area (Å²) in [5.41, 5.74) is 7.20. The fourth-order valence-corrected chi connectivity index (χ4v) is 2.41. The average Bonchev–Trinajstić information content (AvgIpc) is 2.28. The minimum atomic E-state index is -0.0685. The second-order valence-electron chi connectivity index (χ2n) is 5.30. The van der Waals surface area contributed by atoms with E-state index in [1.165, 1.54) is 0 Å². The maximum atomic E-state index is 12.0. The third-order valence-corrected chi connectivity index (χ3v) is 3.81. The van der Waals surface area contributed by atoms with E-state index in [1.54, 1.807) is 18.2 Å². The Kier molecular flexibility index (Phi) is 3.57. The van der Waals surface area contributed by atoms with Gasteiger partial charge in [-0.1, -0.05) is 12.5 Å². The second kappa shape index (κ2) is 4.98. The molecule has 0 aromatic heterocycles. The smallest absolute Gasteiger partial charge is 0.225 e. The molecule has 0 atom stereocenters. The van der Waals surface area contributed by atoms with E-state index in [-0.39, 0.29) is 17.1 Å². The van der Waals surface area contributed by atoms with Crippen LogP contribution in [-0.2, 0) is 4.79 Å². The summed E-state index contributed by atoms with van der Waals surface area (Å²) in [6.07, 6.45) is 3.64. The Morgan fingerprint density at radius 1 is 1.50 bits per heavy atom. The zero-order valence-corrected chi connectivity index (χ0v) is 10.7. The topological polar surface area (TPSA) is 75.3 Å². The Labute approximate surface area is 107 Å². The molecule has 0 spiro atoms. The Morgan fingerprint density at radius 2 is 2.22 bits per heavy atom. The number of rotatable bonds is 4. The van der Waals surface area contributed by atoms with Crippen LogP contribution in [-0.4, -0.2) is 17.6 Å². The average molecular weight is 248 g/mol. The van der Waals surface area contributed by atoms with Gasteiger partial charge >= 0.3 is 0 Å². The quantitative estimate of drug-likeness (QED) is 0.715. The number of phenols is 1. The van der Waals surface area contributed by atoms with Gasteiger partial charge < -0.3 is 16.2 Å². The molecular formula is C14H20N2O2. The molecule has 1 amide bonds. The predicted octanol–water partition coefficient (Wildman–Crippen LogP) is 2.16. The molecule has 0 saturated heterocycles. The van der Waals surface area contributed by atoms with E-state index in [0.29, 0.717) is 18.7 Å². The molecule has 1 aliphatic carbocycles. The van der Waals surface area contributed by atoms with Crippen molar-refractivity contribution >= 4 is 11.6 Å². The van der Waals surface area contributed by atoms with Gasteiger partial charge in [0.05, 0.1) is 5.69 Å². The fourth-order valence-electron chi connectivity index (χ4n) is 2.41. The van der Waals surface area contributed by atoms with E-state index in [0.717, 1.165) is 24.8 Å². The highest BCUT2D eigenvalue weighted by Crippen LogP contribution is 2.43. The van der Waals surface area contributed by atoms with Gasteiger partial charge in [-0.05, 0) is 49.4 Å². The molecule has 1 aromatic carbocycles. The molecule has 2 rings (SSSR count). The lowest BCUT2D eigenvalue weighted by atomic mass is 9.66. The summed E-state index contributed by atoms with van der Waals surface area (Å²) < 4.78 is 0. The monoisotopic (exact) mass is 248 g/mol. The van der Waals surface area contributed by atoms with Crippen LogP contribution in [0, 0.1) is 12.3 Å². The largest absolute Gasteiger partial charge is 0.506 e. The Bertz CT molecular complexity index is 448.